The lowest BCUT2D eigenvalue weighted by Crippen LogP contribution is -2.60. The predicted octanol–water partition coefficient (Wildman–Crippen LogP) is 0.639. The summed E-state index contributed by atoms with van der Waals surface area (Å²) in [5, 5.41) is 39.4. The van der Waals surface area contributed by atoms with E-state index in [9.17, 15) is 25.2 Å². The van der Waals surface area contributed by atoms with Gasteiger partial charge in [0, 0.05) is 6.07 Å². The molecule has 8 heteroatoms. The highest BCUT2D eigenvalue weighted by molar-refractivity contribution is 5.82. The summed E-state index contributed by atoms with van der Waals surface area (Å²) in [6, 6.07) is 13.7. The standard InChI is InChI=1S/C21H20O8/c22-9-16-18(24)19(25)20(26)21(29-16)28-12-6-7-13-15(8-12)27-10-14(17(13)23)11-4-2-1-3-5-11/h1-8,10,16,18-22,24-26H,9H2/t16?,18-,19+,20-,21?/m1/s1. The molecule has 4 N–H and O–H groups in total. The van der Waals surface area contributed by atoms with Crippen LogP contribution in [0.15, 0.2) is 64.0 Å². The van der Waals surface area contributed by atoms with Crippen LogP contribution in [-0.2, 0) is 4.74 Å². The second-order valence-electron chi connectivity index (χ2n) is 6.82. The Morgan fingerprint density at radius 2 is 1.72 bits per heavy atom. The number of fused-ring (bicyclic) bond motifs is 1. The van der Waals surface area contributed by atoms with Crippen molar-refractivity contribution in [2.24, 2.45) is 0 Å². The minimum absolute atomic E-state index is 0.197. The van der Waals surface area contributed by atoms with Crippen LogP contribution >= 0.6 is 0 Å². The van der Waals surface area contributed by atoms with E-state index < -0.39 is 37.3 Å². The fraction of sp³-hybridized carbons (Fsp3) is 0.286. The first-order valence-corrected chi connectivity index (χ1v) is 9.07. The van der Waals surface area contributed by atoms with Gasteiger partial charge in [-0.15, -0.1) is 0 Å². The maximum absolute atomic E-state index is 12.8. The molecule has 1 fully saturated rings. The van der Waals surface area contributed by atoms with E-state index in [0.717, 1.165) is 5.56 Å². The molecule has 1 aromatic heterocycles. The summed E-state index contributed by atoms with van der Waals surface area (Å²) in [5.41, 5.74) is 1.25. The number of aliphatic hydroxyl groups is 4. The van der Waals surface area contributed by atoms with Gasteiger partial charge in [-0.3, -0.25) is 4.79 Å². The lowest BCUT2D eigenvalue weighted by Gasteiger charge is -2.39. The summed E-state index contributed by atoms with van der Waals surface area (Å²) in [6.07, 6.45) is -5.57. The molecular weight excluding hydrogens is 380 g/mol. The minimum atomic E-state index is -1.54. The molecular formula is C21H20O8. The van der Waals surface area contributed by atoms with Gasteiger partial charge in [-0.05, 0) is 17.7 Å². The molecule has 1 saturated heterocycles. The molecule has 0 saturated carbocycles. The van der Waals surface area contributed by atoms with Crippen LogP contribution in [0.4, 0.5) is 0 Å². The summed E-state index contributed by atoms with van der Waals surface area (Å²) >= 11 is 0. The number of rotatable bonds is 4. The Kier molecular flexibility index (Phi) is 5.35. The van der Waals surface area contributed by atoms with Crippen molar-refractivity contribution < 1.29 is 34.3 Å². The molecule has 0 radical (unpaired) electrons. The molecule has 3 aromatic rings. The van der Waals surface area contributed by atoms with E-state index >= 15 is 0 Å². The van der Waals surface area contributed by atoms with Gasteiger partial charge in [-0.1, -0.05) is 30.3 Å². The smallest absolute Gasteiger partial charge is 0.229 e. The van der Waals surface area contributed by atoms with Gasteiger partial charge in [-0.25, -0.2) is 0 Å². The summed E-state index contributed by atoms with van der Waals surface area (Å²) in [7, 11) is 0. The summed E-state index contributed by atoms with van der Waals surface area (Å²) in [4.78, 5) is 12.8. The normalized spacial score (nSPS) is 27.1. The Balaban J connectivity index is 1.62. The molecule has 0 bridgehead atoms. The van der Waals surface area contributed by atoms with Crippen molar-refractivity contribution in [2.75, 3.05) is 6.61 Å². The van der Waals surface area contributed by atoms with Gasteiger partial charge in [0.15, 0.2) is 5.43 Å². The molecule has 0 amide bonds. The van der Waals surface area contributed by atoms with Crippen LogP contribution in [0.25, 0.3) is 22.1 Å². The van der Waals surface area contributed by atoms with Gasteiger partial charge in [0.2, 0.25) is 6.29 Å². The first-order valence-electron chi connectivity index (χ1n) is 9.07. The molecule has 2 heterocycles. The Bertz CT molecular complexity index is 1050. The van der Waals surface area contributed by atoms with Crippen LogP contribution in [-0.4, -0.2) is 57.7 Å². The van der Waals surface area contributed by atoms with Gasteiger partial charge in [0.25, 0.3) is 0 Å². The number of aliphatic hydroxyl groups excluding tert-OH is 4. The Morgan fingerprint density at radius 3 is 2.45 bits per heavy atom. The van der Waals surface area contributed by atoms with E-state index in [2.05, 4.69) is 0 Å². The molecule has 152 valence electrons. The van der Waals surface area contributed by atoms with Crippen LogP contribution in [0, 0.1) is 0 Å². The van der Waals surface area contributed by atoms with E-state index in [1.54, 1.807) is 0 Å². The van der Waals surface area contributed by atoms with Crippen LogP contribution in [0.2, 0.25) is 0 Å². The first-order chi connectivity index (χ1) is 14.0. The van der Waals surface area contributed by atoms with Crippen molar-refractivity contribution in [1.82, 2.24) is 0 Å². The zero-order valence-electron chi connectivity index (χ0n) is 15.2. The lowest BCUT2D eigenvalue weighted by molar-refractivity contribution is -0.277. The number of benzene rings is 2. The van der Waals surface area contributed by atoms with Crippen molar-refractivity contribution in [3.05, 3.63) is 65.0 Å². The molecule has 5 atom stereocenters. The SMILES string of the molecule is O=c1c(-c2ccccc2)coc2cc(OC3OC(CO)[C@@H](O)[C@H](O)[C@H]3O)ccc12. The van der Waals surface area contributed by atoms with Gasteiger partial charge in [0.1, 0.15) is 42.0 Å². The second-order valence-corrected chi connectivity index (χ2v) is 6.82. The van der Waals surface area contributed by atoms with Crippen molar-refractivity contribution in [1.29, 1.82) is 0 Å². The van der Waals surface area contributed by atoms with E-state index in [-0.39, 0.29) is 16.8 Å². The van der Waals surface area contributed by atoms with Crippen LogP contribution in [0.3, 0.4) is 0 Å². The highest BCUT2D eigenvalue weighted by atomic mass is 16.7. The van der Waals surface area contributed by atoms with Crippen molar-refractivity contribution >= 4 is 11.0 Å². The van der Waals surface area contributed by atoms with Crippen molar-refractivity contribution in [3.63, 3.8) is 0 Å². The topological polar surface area (TPSA) is 130 Å². The summed E-state index contributed by atoms with van der Waals surface area (Å²) < 4.78 is 16.5. The number of hydrogen-bond donors (Lipinski definition) is 4. The molecule has 1 aliphatic heterocycles. The Labute approximate surface area is 165 Å². The molecule has 0 aliphatic carbocycles. The Hall–Kier alpha value is -2.75. The molecule has 1 aliphatic rings. The second kappa shape index (κ2) is 7.94. The lowest BCUT2D eigenvalue weighted by atomic mass is 9.99. The van der Waals surface area contributed by atoms with Crippen LogP contribution < -0.4 is 10.2 Å². The average molecular weight is 400 g/mol. The maximum atomic E-state index is 12.8. The fourth-order valence-corrected chi connectivity index (χ4v) is 3.30. The molecule has 2 aromatic carbocycles. The maximum Gasteiger partial charge on any atom is 0.229 e. The number of ether oxygens (including phenoxy) is 2. The third-order valence-corrected chi connectivity index (χ3v) is 4.93. The fourth-order valence-electron chi connectivity index (χ4n) is 3.30. The zero-order chi connectivity index (χ0) is 20.5. The monoisotopic (exact) mass is 400 g/mol. The third kappa shape index (κ3) is 3.64. The van der Waals surface area contributed by atoms with Gasteiger partial charge >= 0.3 is 0 Å². The highest BCUT2D eigenvalue weighted by Crippen LogP contribution is 2.27. The van der Waals surface area contributed by atoms with Crippen LogP contribution in [0.1, 0.15) is 0 Å². The van der Waals surface area contributed by atoms with E-state index in [1.165, 1.54) is 24.5 Å². The quantitative estimate of drug-likeness (QED) is 0.502. The van der Waals surface area contributed by atoms with E-state index in [1.807, 2.05) is 30.3 Å². The molecule has 2 unspecified atom stereocenters. The Morgan fingerprint density at radius 1 is 0.966 bits per heavy atom. The molecule has 0 spiro atoms. The third-order valence-electron chi connectivity index (χ3n) is 4.93. The van der Waals surface area contributed by atoms with Crippen LogP contribution in [0.5, 0.6) is 5.75 Å². The average Bonchev–Trinajstić information content (AvgIpc) is 2.75. The van der Waals surface area contributed by atoms with Crippen molar-refractivity contribution in [3.8, 4) is 16.9 Å². The summed E-state index contributed by atoms with van der Waals surface area (Å²) in [6.45, 7) is -0.556. The van der Waals surface area contributed by atoms with Gasteiger partial charge < -0.3 is 34.3 Å². The van der Waals surface area contributed by atoms with Gasteiger partial charge in [-0.2, -0.15) is 0 Å². The molecule has 8 nitrogen and oxygen atoms in total. The largest absolute Gasteiger partial charge is 0.463 e. The van der Waals surface area contributed by atoms with Gasteiger partial charge in [0.05, 0.1) is 17.6 Å². The predicted molar refractivity (Wildman–Crippen MR) is 102 cm³/mol. The molecule has 29 heavy (non-hydrogen) atoms. The highest BCUT2D eigenvalue weighted by Gasteiger charge is 2.44. The molecule has 4 rings (SSSR count). The first kappa shape index (κ1) is 19.6. The van der Waals surface area contributed by atoms with E-state index in [4.69, 9.17) is 13.9 Å². The number of hydrogen-bond acceptors (Lipinski definition) is 8. The van der Waals surface area contributed by atoms with Crippen molar-refractivity contribution in [2.45, 2.75) is 30.7 Å². The summed E-state index contributed by atoms with van der Waals surface area (Å²) in [5.74, 6) is 0.220. The zero-order valence-corrected chi connectivity index (χ0v) is 15.2. The minimum Gasteiger partial charge on any atom is -0.463 e. The van der Waals surface area contributed by atoms with E-state index in [0.29, 0.717) is 10.9 Å².